The lowest BCUT2D eigenvalue weighted by Gasteiger charge is -2.21. The molecule has 0 spiro atoms. The third-order valence-corrected chi connectivity index (χ3v) is 3.75. The van der Waals surface area contributed by atoms with Gasteiger partial charge in [0.1, 0.15) is 0 Å². The second-order valence-corrected chi connectivity index (χ2v) is 5.68. The van der Waals surface area contributed by atoms with E-state index in [-0.39, 0.29) is 5.91 Å². The number of rotatable bonds is 5. The average Bonchev–Trinajstić information content (AvgIpc) is 2.57. The monoisotopic (exact) mass is 314 g/mol. The minimum absolute atomic E-state index is 0.0306. The number of benzene rings is 1. The van der Waals surface area contributed by atoms with Crippen LogP contribution in [0.3, 0.4) is 0 Å². The van der Waals surface area contributed by atoms with E-state index in [9.17, 15) is 9.59 Å². The molecule has 0 aliphatic heterocycles. The molecule has 0 atom stereocenters. The standard InChI is InChI=1S/C10H11NO.C9H15NO/c1-8(10(11)12)7-9-5-3-2-4-6-9;1-2-9(11)10-8-6-4-3-5-7-8/h2-6H,1,7H2,(H2,11,12);2,8H,1,3-7H2,(H,10,11). The van der Waals surface area contributed by atoms with Crippen molar-refractivity contribution in [2.75, 3.05) is 0 Å². The molecule has 4 heteroatoms. The van der Waals surface area contributed by atoms with Crippen LogP contribution in [0, 0.1) is 0 Å². The zero-order valence-corrected chi connectivity index (χ0v) is 13.6. The van der Waals surface area contributed by atoms with E-state index in [1.165, 1.54) is 25.3 Å². The summed E-state index contributed by atoms with van der Waals surface area (Å²) < 4.78 is 0. The maximum Gasteiger partial charge on any atom is 0.244 e. The van der Waals surface area contributed by atoms with Crippen LogP contribution in [-0.2, 0) is 16.0 Å². The van der Waals surface area contributed by atoms with Crippen LogP contribution >= 0.6 is 0 Å². The Balaban J connectivity index is 0.000000231. The van der Waals surface area contributed by atoms with E-state index in [2.05, 4.69) is 18.5 Å². The van der Waals surface area contributed by atoms with E-state index in [1.54, 1.807) is 0 Å². The van der Waals surface area contributed by atoms with E-state index in [4.69, 9.17) is 5.73 Å². The summed E-state index contributed by atoms with van der Waals surface area (Å²) in [5.74, 6) is -0.462. The van der Waals surface area contributed by atoms with Crippen LogP contribution < -0.4 is 11.1 Å². The van der Waals surface area contributed by atoms with Gasteiger partial charge in [0.15, 0.2) is 0 Å². The fourth-order valence-corrected chi connectivity index (χ4v) is 2.44. The molecule has 1 saturated carbocycles. The molecule has 0 aromatic heterocycles. The Bertz CT molecular complexity index is 532. The summed E-state index contributed by atoms with van der Waals surface area (Å²) in [7, 11) is 0. The molecule has 0 bridgehead atoms. The molecule has 4 nitrogen and oxygen atoms in total. The van der Waals surface area contributed by atoms with Crippen molar-refractivity contribution in [2.24, 2.45) is 5.73 Å². The van der Waals surface area contributed by atoms with Gasteiger partial charge < -0.3 is 11.1 Å². The molecule has 2 amide bonds. The minimum atomic E-state index is -0.432. The summed E-state index contributed by atoms with van der Waals surface area (Å²) in [6, 6.07) is 10.1. The number of hydrogen-bond donors (Lipinski definition) is 2. The predicted molar refractivity (Wildman–Crippen MR) is 93.7 cm³/mol. The predicted octanol–water partition coefficient (Wildman–Crippen LogP) is 2.89. The van der Waals surface area contributed by atoms with Crippen LogP contribution in [-0.4, -0.2) is 17.9 Å². The average molecular weight is 314 g/mol. The van der Waals surface area contributed by atoms with Crippen LogP contribution in [0.15, 0.2) is 55.1 Å². The maximum absolute atomic E-state index is 10.9. The maximum atomic E-state index is 10.9. The zero-order chi connectivity index (χ0) is 17.1. The highest BCUT2D eigenvalue weighted by Crippen LogP contribution is 2.17. The van der Waals surface area contributed by atoms with Gasteiger partial charge in [-0.1, -0.05) is 62.8 Å². The van der Waals surface area contributed by atoms with Crippen molar-refractivity contribution in [3.8, 4) is 0 Å². The van der Waals surface area contributed by atoms with Crippen molar-refractivity contribution in [3.05, 3.63) is 60.7 Å². The first kappa shape index (κ1) is 18.7. The SMILES string of the molecule is C=C(Cc1ccccc1)C(N)=O.C=CC(=O)NC1CCCCC1. The molecule has 0 heterocycles. The Morgan fingerprint density at radius 2 is 1.78 bits per heavy atom. The second kappa shape index (κ2) is 10.4. The molecular formula is C19H26N2O2. The largest absolute Gasteiger partial charge is 0.366 e. The number of nitrogens with one attached hydrogen (secondary N) is 1. The Labute approximate surface area is 138 Å². The van der Waals surface area contributed by atoms with Gasteiger partial charge in [0.2, 0.25) is 11.8 Å². The number of carbonyl (C=O) groups is 2. The van der Waals surface area contributed by atoms with Gasteiger partial charge in [-0.25, -0.2) is 0 Å². The smallest absolute Gasteiger partial charge is 0.244 e. The van der Waals surface area contributed by atoms with Crippen molar-refractivity contribution in [1.29, 1.82) is 0 Å². The van der Waals surface area contributed by atoms with E-state index < -0.39 is 5.91 Å². The third kappa shape index (κ3) is 8.00. The van der Waals surface area contributed by atoms with Crippen LogP contribution in [0.2, 0.25) is 0 Å². The van der Waals surface area contributed by atoms with Crippen molar-refractivity contribution < 1.29 is 9.59 Å². The molecule has 2 rings (SSSR count). The Hall–Kier alpha value is -2.36. The number of amides is 2. The van der Waals surface area contributed by atoms with Gasteiger partial charge in [-0.2, -0.15) is 0 Å². The molecule has 1 aromatic carbocycles. The lowest BCUT2D eigenvalue weighted by Crippen LogP contribution is -2.34. The summed E-state index contributed by atoms with van der Waals surface area (Å²) in [6.45, 7) is 6.99. The number of primary amides is 1. The first-order valence-electron chi connectivity index (χ1n) is 7.97. The van der Waals surface area contributed by atoms with Crippen LogP contribution in [0.25, 0.3) is 0 Å². The molecule has 0 radical (unpaired) electrons. The molecule has 3 N–H and O–H groups in total. The Morgan fingerprint density at radius 1 is 1.17 bits per heavy atom. The minimum Gasteiger partial charge on any atom is -0.366 e. The molecule has 124 valence electrons. The number of nitrogens with two attached hydrogens (primary N) is 1. The van der Waals surface area contributed by atoms with Gasteiger partial charge in [-0.05, 0) is 24.5 Å². The number of carbonyl (C=O) groups excluding carboxylic acids is 2. The van der Waals surface area contributed by atoms with Gasteiger partial charge in [0.25, 0.3) is 0 Å². The van der Waals surface area contributed by atoms with Crippen molar-refractivity contribution in [1.82, 2.24) is 5.32 Å². The summed E-state index contributed by atoms with van der Waals surface area (Å²) in [5, 5.41) is 2.91. The first-order chi connectivity index (χ1) is 11.0. The highest BCUT2D eigenvalue weighted by molar-refractivity contribution is 5.91. The van der Waals surface area contributed by atoms with E-state index >= 15 is 0 Å². The van der Waals surface area contributed by atoms with Gasteiger partial charge in [0, 0.05) is 18.0 Å². The topological polar surface area (TPSA) is 72.2 Å². The van der Waals surface area contributed by atoms with E-state index in [1.807, 2.05) is 30.3 Å². The molecule has 23 heavy (non-hydrogen) atoms. The molecular weight excluding hydrogens is 288 g/mol. The van der Waals surface area contributed by atoms with Crippen molar-refractivity contribution in [2.45, 2.75) is 44.6 Å². The lowest BCUT2D eigenvalue weighted by molar-refractivity contribution is -0.117. The molecule has 1 aromatic rings. The van der Waals surface area contributed by atoms with Gasteiger partial charge >= 0.3 is 0 Å². The fraction of sp³-hybridized carbons (Fsp3) is 0.368. The normalized spacial score (nSPS) is 14.1. The van der Waals surface area contributed by atoms with Gasteiger partial charge in [-0.3, -0.25) is 9.59 Å². The third-order valence-electron chi connectivity index (χ3n) is 3.75. The lowest BCUT2D eigenvalue weighted by atomic mass is 9.95. The second-order valence-electron chi connectivity index (χ2n) is 5.68. The molecule has 1 aliphatic rings. The molecule has 0 saturated heterocycles. The van der Waals surface area contributed by atoms with Crippen LogP contribution in [0.4, 0.5) is 0 Å². The van der Waals surface area contributed by atoms with Crippen molar-refractivity contribution >= 4 is 11.8 Å². The number of hydrogen-bond acceptors (Lipinski definition) is 2. The van der Waals surface area contributed by atoms with Crippen LogP contribution in [0.5, 0.6) is 0 Å². The highest BCUT2D eigenvalue weighted by atomic mass is 16.1. The molecule has 1 fully saturated rings. The zero-order valence-electron chi connectivity index (χ0n) is 13.6. The van der Waals surface area contributed by atoms with Gasteiger partial charge in [-0.15, -0.1) is 0 Å². The van der Waals surface area contributed by atoms with Gasteiger partial charge in [0.05, 0.1) is 0 Å². The quantitative estimate of drug-likeness (QED) is 0.820. The summed E-state index contributed by atoms with van der Waals surface area (Å²) in [6.07, 6.45) is 7.98. The molecule has 1 aliphatic carbocycles. The highest BCUT2D eigenvalue weighted by Gasteiger charge is 2.13. The Kier molecular flexibility index (Phi) is 8.43. The first-order valence-corrected chi connectivity index (χ1v) is 7.97. The van der Waals surface area contributed by atoms with E-state index in [0.29, 0.717) is 18.0 Å². The Morgan fingerprint density at radius 3 is 2.30 bits per heavy atom. The summed E-state index contributed by atoms with van der Waals surface area (Å²) >= 11 is 0. The van der Waals surface area contributed by atoms with E-state index in [0.717, 1.165) is 18.4 Å². The summed E-state index contributed by atoms with van der Waals surface area (Å²) in [4.78, 5) is 21.5. The van der Waals surface area contributed by atoms with Crippen LogP contribution in [0.1, 0.15) is 37.7 Å². The van der Waals surface area contributed by atoms with Crippen molar-refractivity contribution in [3.63, 3.8) is 0 Å². The molecule has 0 unspecified atom stereocenters. The summed E-state index contributed by atoms with van der Waals surface area (Å²) in [5.41, 5.74) is 6.55. The fourth-order valence-electron chi connectivity index (χ4n) is 2.44.